The van der Waals surface area contributed by atoms with E-state index in [4.69, 9.17) is 21.3 Å². The molecule has 1 aromatic carbocycles. The van der Waals surface area contributed by atoms with Gasteiger partial charge < -0.3 is 4.74 Å². The Morgan fingerprint density at radius 3 is 2.59 bits per heavy atom. The summed E-state index contributed by atoms with van der Waals surface area (Å²) in [4.78, 5) is 8.83. The quantitative estimate of drug-likeness (QED) is 0.246. The second kappa shape index (κ2) is 10.4. The first-order valence-corrected chi connectivity index (χ1v) is 11.1. The molecule has 0 aliphatic carbocycles. The average molecular weight is 448 g/mol. The molecule has 0 N–H and O–H groups in total. The third-order valence-corrected chi connectivity index (χ3v) is 5.71. The van der Waals surface area contributed by atoms with Crippen molar-refractivity contribution in [1.82, 2.24) is 25.0 Å². The van der Waals surface area contributed by atoms with Crippen molar-refractivity contribution in [3.05, 3.63) is 88.6 Å². The third kappa shape index (κ3) is 5.71. The maximum Gasteiger partial charge on any atom is 0.129 e. The predicted molar refractivity (Wildman–Crippen MR) is 126 cm³/mol. The van der Waals surface area contributed by atoms with E-state index in [-0.39, 0.29) is 0 Å². The summed E-state index contributed by atoms with van der Waals surface area (Å²) in [5, 5.41) is 8.32. The van der Waals surface area contributed by atoms with Crippen molar-refractivity contribution in [2.75, 3.05) is 0 Å². The van der Waals surface area contributed by atoms with Crippen LogP contribution in [0, 0.1) is 13.8 Å². The number of halogens is 1. The lowest BCUT2D eigenvalue weighted by Gasteiger charge is -2.12. The minimum atomic E-state index is 0.476. The SMILES string of the molecule is Cc1cc(OCc2ccc(-c3ccc(Cl)nc3)nc2C)ccc1CCCCn1ccnn1. The molecule has 0 radical (unpaired) electrons. The van der Waals surface area contributed by atoms with Gasteiger partial charge in [-0.25, -0.2) is 4.98 Å². The molecule has 0 fully saturated rings. The number of rotatable bonds is 9. The monoisotopic (exact) mass is 447 g/mol. The smallest absolute Gasteiger partial charge is 0.129 e. The molecule has 0 unspecified atom stereocenters. The molecule has 0 saturated carbocycles. The van der Waals surface area contributed by atoms with Crippen molar-refractivity contribution in [2.24, 2.45) is 0 Å². The molecule has 0 atom stereocenters. The number of pyridine rings is 2. The fourth-order valence-corrected chi connectivity index (χ4v) is 3.68. The second-order valence-corrected chi connectivity index (χ2v) is 8.20. The van der Waals surface area contributed by atoms with Crippen LogP contribution in [0.3, 0.4) is 0 Å². The maximum absolute atomic E-state index is 6.06. The zero-order valence-electron chi connectivity index (χ0n) is 18.3. The topological polar surface area (TPSA) is 65.7 Å². The molecule has 0 amide bonds. The van der Waals surface area contributed by atoms with Gasteiger partial charge in [0, 0.05) is 35.8 Å². The Kier molecular flexibility index (Phi) is 7.12. The largest absolute Gasteiger partial charge is 0.489 e. The summed E-state index contributed by atoms with van der Waals surface area (Å²) >= 11 is 5.87. The van der Waals surface area contributed by atoms with E-state index in [0.29, 0.717) is 11.8 Å². The Morgan fingerprint density at radius 2 is 1.88 bits per heavy atom. The van der Waals surface area contributed by atoms with Crippen molar-refractivity contribution in [3.8, 4) is 17.0 Å². The summed E-state index contributed by atoms with van der Waals surface area (Å²) in [6.07, 6.45) is 8.59. The fourth-order valence-electron chi connectivity index (χ4n) is 3.57. The molecule has 6 nitrogen and oxygen atoms in total. The molecular formula is C25H26ClN5O. The van der Waals surface area contributed by atoms with Gasteiger partial charge in [-0.2, -0.15) is 0 Å². The van der Waals surface area contributed by atoms with E-state index in [0.717, 1.165) is 54.1 Å². The Bertz CT molecular complexity index is 1160. The molecular weight excluding hydrogens is 422 g/mol. The van der Waals surface area contributed by atoms with Crippen LogP contribution in [0.1, 0.15) is 35.2 Å². The first-order valence-electron chi connectivity index (χ1n) is 10.7. The third-order valence-electron chi connectivity index (χ3n) is 5.48. The van der Waals surface area contributed by atoms with Gasteiger partial charge in [0.15, 0.2) is 0 Å². The molecule has 0 spiro atoms. The van der Waals surface area contributed by atoms with E-state index in [1.165, 1.54) is 11.1 Å². The van der Waals surface area contributed by atoms with Crippen LogP contribution in [-0.4, -0.2) is 25.0 Å². The lowest BCUT2D eigenvalue weighted by molar-refractivity contribution is 0.304. The lowest BCUT2D eigenvalue weighted by Crippen LogP contribution is -2.02. The van der Waals surface area contributed by atoms with Gasteiger partial charge in [-0.3, -0.25) is 9.67 Å². The van der Waals surface area contributed by atoms with Crippen LogP contribution in [0.25, 0.3) is 11.3 Å². The standard InChI is InChI=1S/C25H26ClN5O/c1-18-15-23(9-6-20(18)5-3-4-13-31-14-12-28-30-31)32-17-22-7-10-24(29-19(22)2)21-8-11-25(26)27-16-21/h6-12,14-16H,3-5,13,17H2,1-2H3. The summed E-state index contributed by atoms with van der Waals surface area (Å²) in [5.41, 5.74) is 6.43. The zero-order valence-corrected chi connectivity index (χ0v) is 19.1. The van der Waals surface area contributed by atoms with Crippen LogP contribution in [-0.2, 0) is 19.6 Å². The first-order chi connectivity index (χ1) is 15.6. The number of nitrogens with zero attached hydrogens (tertiary/aromatic N) is 5. The molecule has 7 heteroatoms. The zero-order chi connectivity index (χ0) is 22.3. The van der Waals surface area contributed by atoms with Gasteiger partial charge in [0.05, 0.1) is 11.9 Å². The summed E-state index contributed by atoms with van der Waals surface area (Å²) in [7, 11) is 0. The van der Waals surface area contributed by atoms with Crippen molar-refractivity contribution in [3.63, 3.8) is 0 Å². The highest BCUT2D eigenvalue weighted by atomic mass is 35.5. The Balaban J connectivity index is 1.31. The number of unbranched alkanes of at least 4 members (excludes halogenated alkanes) is 1. The number of ether oxygens (including phenoxy) is 1. The molecule has 0 aliphatic rings. The maximum atomic E-state index is 6.06. The number of benzene rings is 1. The van der Waals surface area contributed by atoms with Gasteiger partial charge in [-0.1, -0.05) is 28.9 Å². The molecule has 0 aliphatic heterocycles. The second-order valence-electron chi connectivity index (χ2n) is 7.81. The van der Waals surface area contributed by atoms with Crippen LogP contribution >= 0.6 is 11.6 Å². The summed E-state index contributed by atoms with van der Waals surface area (Å²) in [5.74, 6) is 0.874. The molecule has 3 heterocycles. The highest BCUT2D eigenvalue weighted by Gasteiger charge is 2.07. The summed E-state index contributed by atoms with van der Waals surface area (Å²) in [6.45, 7) is 5.52. The molecule has 4 aromatic rings. The van der Waals surface area contributed by atoms with Crippen LogP contribution < -0.4 is 4.74 Å². The van der Waals surface area contributed by atoms with Crippen molar-refractivity contribution >= 4 is 11.6 Å². The predicted octanol–water partition coefficient (Wildman–Crippen LogP) is 5.61. The highest BCUT2D eigenvalue weighted by Crippen LogP contribution is 2.23. The Hall–Kier alpha value is -3.25. The van der Waals surface area contributed by atoms with E-state index >= 15 is 0 Å². The van der Waals surface area contributed by atoms with Crippen LogP contribution in [0.2, 0.25) is 5.15 Å². The molecule has 3 aromatic heterocycles. The Labute approximate surface area is 193 Å². The van der Waals surface area contributed by atoms with Crippen LogP contribution in [0.15, 0.2) is 61.1 Å². The van der Waals surface area contributed by atoms with Gasteiger partial charge in [0.1, 0.15) is 17.5 Å². The molecule has 164 valence electrons. The van der Waals surface area contributed by atoms with Crippen molar-refractivity contribution in [2.45, 2.75) is 46.3 Å². The fraction of sp³-hybridized carbons (Fsp3) is 0.280. The molecule has 4 rings (SSSR count). The highest BCUT2D eigenvalue weighted by molar-refractivity contribution is 6.29. The van der Waals surface area contributed by atoms with Crippen LogP contribution in [0.5, 0.6) is 5.75 Å². The van der Waals surface area contributed by atoms with Gasteiger partial charge >= 0.3 is 0 Å². The van der Waals surface area contributed by atoms with Gasteiger partial charge in [-0.05, 0) is 74.6 Å². The Morgan fingerprint density at radius 1 is 1.00 bits per heavy atom. The van der Waals surface area contributed by atoms with E-state index in [9.17, 15) is 0 Å². The normalized spacial score (nSPS) is 11.0. The van der Waals surface area contributed by atoms with Crippen molar-refractivity contribution in [1.29, 1.82) is 0 Å². The van der Waals surface area contributed by atoms with Gasteiger partial charge in [0.2, 0.25) is 0 Å². The van der Waals surface area contributed by atoms with E-state index in [1.54, 1.807) is 18.5 Å². The van der Waals surface area contributed by atoms with E-state index in [2.05, 4.69) is 46.5 Å². The summed E-state index contributed by atoms with van der Waals surface area (Å²) < 4.78 is 7.93. The number of hydrogen-bond acceptors (Lipinski definition) is 5. The lowest BCUT2D eigenvalue weighted by atomic mass is 10.0. The first kappa shape index (κ1) is 22.0. The number of aryl methyl sites for hydroxylation is 4. The van der Waals surface area contributed by atoms with Crippen molar-refractivity contribution < 1.29 is 4.74 Å². The van der Waals surface area contributed by atoms with Gasteiger partial charge in [0.25, 0.3) is 0 Å². The number of hydrogen-bond donors (Lipinski definition) is 0. The van der Waals surface area contributed by atoms with E-state index < -0.39 is 0 Å². The molecule has 32 heavy (non-hydrogen) atoms. The molecule has 0 saturated heterocycles. The minimum absolute atomic E-state index is 0.476. The van der Waals surface area contributed by atoms with E-state index in [1.807, 2.05) is 29.9 Å². The number of aromatic nitrogens is 5. The summed E-state index contributed by atoms with van der Waals surface area (Å²) in [6, 6.07) is 14.1. The average Bonchev–Trinajstić information content (AvgIpc) is 3.31. The minimum Gasteiger partial charge on any atom is -0.489 e. The molecule has 0 bridgehead atoms. The van der Waals surface area contributed by atoms with Gasteiger partial charge in [-0.15, -0.1) is 5.10 Å². The van der Waals surface area contributed by atoms with Crippen LogP contribution in [0.4, 0.5) is 0 Å².